The zero-order valence-electron chi connectivity index (χ0n) is 33.4. The molecule has 0 rings (SSSR count). The highest BCUT2D eigenvalue weighted by molar-refractivity contribution is 7.48. The Kier molecular flexibility index (Phi) is 51.9. The summed E-state index contributed by atoms with van der Waals surface area (Å²) in [6.07, 6.45) is 13.8. The lowest BCUT2D eigenvalue weighted by molar-refractivity contribution is 0.145. The molecular formula is C32H80O16P4Si. The summed E-state index contributed by atoms with van der Waals surface area (Å²) in [7, 11) is -15.0. The fourth-order valence-corrected chi connectivity index (χ4v) is 5.92. The standard InChI is InChI=1S/4C8H19O4P.H4Si/c4*1-3-5-7-11-13(9,10)12-8-6-4-2;/h4*3-8H2,1-2H3,(H,9,10);1H4. The molecule has 0 aromatic carbocycles. The van der Waals surface area contributed by atoms with Gasteiger partial charge in [-0.05, 0) is 62.3 Å². The molecular weight excluding hydrogens is 792 g/mol. The van der Waals surface area contributed by atoms with Crippen molar-refractivity contribution in [3.05, 3.63) is 0 Å². The van der Waals surface area contributed by atoms with E-state index in [1.807, 2.05) is 55.4 Å². The molecule has 16 nitrogen and oxygen atoms in total. The van der Waals surface area contributed by atoms with Crippen LogP contribution in [0.15, 0.2) is 0 Å². The number of rotatable bonds is 32. The Morgan fingerprint density at radius 2 is 0.377 bits per heavy atom. The van der Waals surface area contributed by atoms with E-state index < -0.39 is 31.3 Å². The molecule has 0 heterocycles. The van der Waals surface area contributed by atoms with Gasteiger partial charge in [0.25, 0.3) is 0 Å². The third kappa shape index (κ3) is 57.1. The Balaban J connectivity index is -0.000000192. The molecule has 0 aliphatic rings. The van der Waals surface area contributed by atoms with Crippen molar-refractivity contribution in [3.63, 3.8) is 0 Å². The van der Waals surface area contributed by atoms with Crippen molar-refractivity contribution in [3.8, 4) is 0 Å². The third-order valence-corrected chi connectivity index (χ3v) is 10.1. The van der Waals surface area contributed by atoms with Crippen LogP contribution in [0, 0.1) is 0 Å². The average molecular weight is 873 g/mol. The van der Waals surface area contributed by atoms with Gasteiger partial charge in [0.15, 0.2) is 0 Å². The third-order valence-electron chi connectivity index (χ3n) is 6.02. The lowest BCUT2D eigenvalue weighted by Crippen LogP contribution is -1.98. The van der Waals surface area contributed by atoms with Crippen LogP contribution in [-0.4, -0.2) is 83.4 Å². The zero-order valence-corrected chi connectivity index (χ0v) is 37.0. The maximum atomic E-state index is 11.1. The van der Waals surface area contributed by atoms with Gasteiger partial charge in [-0.2, -0.15) is 0 Å². The van der Waals surface area contributed by atoms with Crippen molar-refractivity contribution in [2.75, 3.05) is 52.9 Å². The van der Waals surface area contributed by atoms with Gasteiger partial charge >= 0.3 is 31.3 Å². The van der Waals surface area contributed by atoms with E-state index in [1.54, 1.807) is 0 Å². The SMILES string of the molecule is CCCCOP(=O)(O)OCCCC.CCCCOP(=O)(O)OCCCC.CCCCOP(=O)(O)OCCCC.CCCCOP(=O)(O)OCCCC.[SiH4]. The molecule has 0 saturated carbocycles. The summed E-state index contributed by atoms with van der Waals surface area (Å²) in [4.78, 5) is 36.3. The highest BCUT2D eigenvalue weighted by Crippen LogP contribution is 2.45. The minimum Gasteiger partial charge on any atom is -0.302 e. The van der Waals surface area contributed by atoms with Crippen molar-refractivity contribution in [1.29, 1.82) is 0 Å². The highest BCUT2D eigenvalue weighted by atomic mass is 31.2. The summed E-state index contributed by atoms with van der Waals surface area (Å²) in [5, 5.41) is 0. The molecule has 0 bridgehead atoms. The average Bonchev–Trinajstić information content (AvgIpc) is 3.06. The van der Waals surface area contributed by atoms with Gasteiger partial charge in [0.2, 0.25) is 0 Å². The van der Waals surface area contributed by atoms with E-state index in [0.717, 1.165) is 103 Å². The number of unbranched alkanes of at least 4 members (excludes halogenated alkanes) is 8. The molecule has 4 N–H and O–H groups in total. The van der Waals surface area contributed by atoms with Gasteiger partial charge in [0.1, 0.15) is 0 Å². The number of hydrogen-bond donors (Lipinski definition) is 4. The largest absolute Gasteiger partial charge is 0.472 e. The van der Waals surface area contributed by atoms with Gasteiger partial charge in [-0.15, -0.1) is 0 Å². The van der Waals surface area contributed by atoms with Crippen LogP contribution in [0.4, 0.5) is 0 Å². The van der Waals surface area contributed by atoms with Gasteiger partial charge in [0.05, 0.1) is 52.9 Å². The van der Waals surface area contributed by atoms with Gasteiger partial charge in [-0.3, -0.25) is 36.2 Å². The van der Waals surface area contributed by atoms with Gasteiger partial charge in [-0.25, -0.2) is 18.3 Å². The molecule has 0 radical (unpaired) electrons. The van der Waals surface area contributed by atoms with E-state index in [9.17, 15) is 18.3 Å². The Morgan fingerprint density at radius 3 is 0.453 bits per heavy atom. The first-order chi connectivity index (χ1) is 24.5. The molecule has 0 atom stereocenters. The van der Waals surface area contributed by atoms with Crippen LogP contribution in [0.3, 0.4) is 0 Å². The summed E-state index contributed by atoms with van der Waals surface area (Å²) in [5.41, 5.74) is 0. The minimum absolute atomic E-state index is 0. The van der Waals surface area contributed by atoms with Crippen LogP contribution in [-0.2, 0) is 54.5 Å². The zero-order chi connectivity index (χ0) is 40.6. The normalized spacial score (nSPS) is 11.7. The quantitative estimate of drug-likeness (QED) is 0.0281. The minimum atomic E-state index is -3.75. The molecule has 0 aliphatic carbocycles. The van der Waals surface area contributed by atoms with E-state index in [-0.39, 0.29) is 63.8 Å². The fraction of sp³-hybridized carbons (Fsp3) is 1.00. The molecule has 0 spiro atoms. The molecule has 328 valence electrons. The first-order valence-electron chi connectivity index (χ1n) is 19.0. The summed E-state index contributed by atoms with van der Waals surface area (Å²) in [6, 6.07) is 0. The summed E-state index contributed by atoms with van der Waals surface area (Å²) in [6.45, 7) is 18.2. The van der Waals surface area contributed by atoms with Crippen LogP contribution in [0.5, 0.6) is 0 Å². The van der Waals surface area contributed by atoms with Crippen molar-refractivity contribution in [2.24, 2.45) is 0 Å². The molecule has 0 fully saturated rings. The molecule has 0 saturated heterocycles. The number of phosphoric acid groups is 4. The molecule has 21 heteroatoms. The molecule has 53 heavy (non-hydrogen) atoms. The molecule has 0 amide bonds. The predicted molar refractivity (Wildman–Crippen MR) is 218 cm³/mol. The molecule has 0 unspecified atom stereocenters. The lowest BCUT2D eigenvalue weighted by Gasteiger charge is -2.10. The second-order valence-electron chi connectivity index (χ2n) is 11.4. The second kappa shape index (κ2) is 43.8. The lowest BCUT2D eigenvalue weighted by atomic mass is 10.4. The van der Waals surface area contributed by atoms with Gasteiger partial charge in [0, 0.05) is 0 Å². The van der Waals surface area contributed by atoms with Crippen molar-refractivity contribution in [2.45, 2.75) is 158 Å². The first kappa shape index (κ1) is 62.8. The highest BCUT2D eigenvalue weighted by Gasteiger charge is 2.21. The topological polar surface area (TPSA) is 223 Å². The van der Waals surface area contributed by atoms with Crippen LogP contribution < -0.4 is 0 Å². The van der Waals surface area contributed by atoms with Crippen molar-refractivity contribution < 1.29 is 74.0 Å². The predicted octanol–water partition coefficient (Wildman–Crippen LogP) is 9.43. The maximum Gasteiger partial charge on any atom is 0.472 e. The smallest absolute Gasteiger partial charge is 0.302 e. The second-order valence-corrected chi connectivity index (χ2v) is 17.2. The van der Waals surface area contributed by atoms with Gasteiger partial charge < -0.3 is 19.6 Å². The Labute approximate surface area is 326 Å². The molecule has 0 aromatic rings. The van der Waals surface area contributed by atoms with E-state index in [4.69, 9.17) is 55.8 Å². The summed E-state index contributed by atoms with van der Waals surface area (Å²) < 4.78 is 81.9. The van der Waals surface area contributed by atoms with Gasteiger partial charge in [-0.1, -0.05) is 107 Å². The van der Waals surface area contributed by atoms with E-state index in [0.29, 0.717) is 0 Å². The van der Waals surface area contributed by atoms with Crippen molar-refractivity contribution in [1.82, 2.24) is 0 Å². The van der Waals surface area contributed by atoms with Crippen LogP contribution >= 0.6 is 31.3 Å². The summed E-state index contributed by atoms with van der Waals surface area (Å²) in [5.74, 6) is 0. The van der Waals surface area contributed by atoms with E-state index in [2.05, 4.69) is 0 Å². The number of phosphoric ester groups is 4. The maximum absolute atomic E-state index is 11.1. The van der Waals surface area contributed by atoms with Crippen molar-refractivity contribution >= 4 is 42.3 Å². The van der Waals surface area contributed by atoms with Crippen LogP contribution in [0.2, 0.25) is 0 Å². The Hall–Kier alpha value is 0.657. The summed E-state index contributed by atoms with van der Waals surface area (Å²) >= 11 is 0. The van der Waals surface area contributed by atoms with E-state index >= 15 is 0 Å². The Bertz CT molecular complexity index is 736. The molecule has 0 aliphatic heterocycles. The fourth-order valence-electron chi connectivity index (χ4n) is 2.74. The van der Waals surface area contributed by atoms with E-state index in [1.165, 1.54) is 0 Å². The van der Waals surface area contributed by atoms with Crippen LogP contribution in [0.25, 0.3) is 0 Å². The number of hydrogen-bond acceptors (Lipinski definition) is 12. The molecule has 0 aromatic heterocycles. The first-order valence-corrected chi connectivity index (χ1v) is 24.9. The Morgan fingerprint density at radius 1 is 0.283 bits per heavy atom. The van der Waals surface area contributed by atoms with Crippen LogP contribution in [0.1, 0.15) is 158 Å². The monoisotopic (exact) mass is 872 g/mol.